The van der Waals surface area contributed by atoms with Gasteiger partial charge in [-0.1, -0.05) is 23.2 Å². The topological polar surface area (TPSA) is 59.5 Å². The largest absolute Gasteiger partial charge is 0.462 e. The van der Waals surface area contributed by atoms with Gasteiger partial charge in [0.05, 0.1) is 29.3 Å². The number of nitrogens with zero attached hydrogens (tertiary/aromatic N) is 2. The number of pyridine rings is 1. The van der Waals surface area contributed by atoms with E-state index in [2.05, 4.69) is 4.98 Å². The minimum atomic E-state index is -0.410. The SMILES string of the molecule is CCOC(=O)c1ccc(N(Cc2ccncc2)C(=O)c2ccc(Cl)cc2Cl)cc1. The van der Waals surface area contributed by atoms with Crippen molar-refractivity contribution in [1.82, 2.24) is 4.98 Å². The van der Waals surface area contributed by atoms with Crippen LogP contribution in [0.15, 0.2) is 67.0 Å². The van der Waals surface area contributed by atoms with Gasteiger partial charge in [-0.3, -0.25) is 9.78 Å². The Kier molecular flexibility index (Phi) is 6.86. The van der Waals surface area contributed by atoms with Gasteiger partial charge in [-0.25, -0.2) is 4.79 Å². The minimum Gasteiger partial charge on any atom is -0.462 e. The van der Waals surface area contributed by atoms with Gasteiger partial charge in [-0.05, 0) is 67.1 Å². The highest BCUT2D eigenvalue weighted by Crippen LogP contribution is 2.26. The van der Waals surface area contributed by atoms with E-state index in [1.807, 2.05) is 12.1 Å². The first-order valence-corrected chi connectivity index (χ1v) is 9.68. The van der Waals surface area contributed by atoms with Crippen molar-refractivity contribution in [2.75, 3.05) is 11.5 Å². The Bertz CT molecular complexity index is 1010. The summed E-state index contributed by atoms with van der Waals surface area (Å²) < 4.78 is 5.01. The quantitative estimate of drug-likeness (QED) is 0.492. The van der Waals surface area contributed by atoms with Crippen LogP contribution in [0.4, 0.5) is 5.69 Å². The van der Waals surface area contributed by atoms with Gasteiger partial charge in [0.25, 0.3) is 5.91 Å². The highest BCUT2D eigenvalue weighted by Gasteiger charge is 2.21. The fraction of sp³-hybridized carbons (Fsp3) is 0.136. The fourth-order valence-electron chi connectivity index (χ4n) is 2.75. The number of esters is 1. The number of hydrogen-bond acceptors (Lipinski definition) is 4. The fourth-order valence-corrected chi connectivity index (χ4v) is 3.24. The summed E-state index contributed by atoms with van der Waals surface area (Å²) in [6, 6.07) is 15.1. The summed E-state index contributed by atoms with van der Waals surface area (Å²) in [5.41, 5.74) is 2.26. The predicted molar refractivity (Wildman–Crippen MR) is 114 cm³/mol. The number of benzene rings is 2. The lowest BCUT2D eigenvalue weighted by atomic mass is 10.1. The molecule has 0 fully saturated rings. The number of hydrogen-bond donors (Lipinski definition) is 0. The summed E-state index contributed by atoms with van der Waals surface area (Å²) in [5, 5.41) is 0.719. The second-order valence-electron chi connectivity index (χ2n) is 6.14. The maximum atomic E-state index is 13.3. The van der Waals surface area contributed by atoms with Crippen molar-refractivity contribution in [3.8, 4) is 0 Å². The van der Waals surface area contributed by atoms with E-state index in [0.717, 1.165) is 5.56 Å². The molecule has 0 aliphatic carbocycles. The molecule has 2 aromatic carbocycles. The van der Waals surface area contributed by atoms with Crippen molar-refractivity contribution in [1.29, 1.82) is 0 Å². The predicted octanol–water partition coefficient (Wildman–Crippen LogP) is 5.41. The van der Waals surface area contributed by atoms with Gasteiger partial charge in [-0.2, -0.15) is 0 Å². The number of carbonyl (C=O) groups excluding carboxylic acids is 2. The Labute approximate surface area is 178 Å². The summed E-state index contributed by atoms with van der Waals surface area (Å²) in [4.78, 5) is 30.8. The average Bonchev–Trinajstić information content (AvgIpc) is 2.73. The van der Waals surface area contributed by atoms with Crippen LogP contribution in [0.3, 0.4) is 0 Å². The van der Waals surface area contributed by atoms with Crippen LogP contribution < -0.4 is 4.90 Å². The summed E-state index contributed by atoms with van der Waals surface area (Å²) in [5.74, 6) is -0.695. The molecule has 29 heavy (non-hydrogen) atoms. The Morgan fingerprint density at radius 2 is 1.69 bits per heavy atom. The van der Waals surface area contributed by atoms with Crippen LogP contribution in [0.25, 0.3) is 0 Å². The average molecular weight is 429 g/mol. The van der Waals surface area contributed by atoms with E-state index in [1.165, 1.54) is 6.07 Å². The molecule has 0 atom stereocenters. The number of anilines is 1. The molecule has 0 aliphatic heterocycles. The van der Waals surface area contributed by atoms with E-state index >= 15 is 0 Å². The smallest absolute Gasteiger partial charge is 0.338 e. The summed E-state index contributed by atoms with van der Waals surface area (Å²) >= 11 is 12.2. The van der Waals surface area contributed by atoms with E-state index in [1.54, 1.807) is 60.6 Å². The van der Waals surface area contributed by atoms with Gasteiger partial charge < -0.3 is 9.64 Å². The molecule has 0 N–H and O–H groups in total. The van der Waals surface area contributed by atoms with Crippen molar-refractivity contribution in [2.24, 2.45) is 0 Å². The molecule has 5 nitrogen and oxygen atoms in total. The zero-order valence-electron chi connectivity index (χ0n) is 15.6. The van der Waals surface area contributed by atoms with Crippen LogP contribution in [0.5, 0.6) is 0 Å². The molecule has 3 rings (SSSR count). The Morgan fingerprint density at radius 3 is 2.31 bits per heavy atom. The summed E-state index contributed by atoms with van der Waals surface area (Å²) in [6.45, 7) is 2.35. The molecule has 148 valence electrons. The molecule has 1 amide bonds. The number of aromatic nitrogens is 1. The molecule has 0 bridgehead atoms. The van der Waals surface area contributed by atoms with Crippen LogP contribution >= 0.6 is 23.2 Å². The molecule has 0 saturated carbocycles. The monoisotopic (exact) mass is 428 g/mol. The standard InChI is InChI=1S/C22H18Cl2N2O3/c1-2-29-22(28)16-3-6-18(7-4-16)26(14-15-9-11-25-12-10-15)21(27)19-8-5-17(23)13-20(19)24/h3-13H,2,14H2,1H3. The molecule has 1 heterocycles. The number of carbonyl (C=O) groups is 2. The number of ether oxygens (including phenoxy) is 1. The van der Waals surface area contributed by atoms with E-state index in [-0.39, 0.29) is 10.9 Å². The van der Waals surface area contributed by atoms with Gasteiger partial charge >= 0.3 is 5.97 Å². The van der Waals surface area contributed by atoms with Crippen LogP contribution in [0, 0.1) is 0 Å². The first-order chi connectivity index (χ1) is 14.0. The van der Waals surface area contributed by atoms with Gasteiger partial charge in [0.1, 0.15) is 0 Å². The lowest BCUT2D eigenvalue weighted by Crippen LogP contribution is -2.30. The normalized spacial score (nSPS) is 10.4. The van der Waals surface area contributed by atoms with Crippen molar-refractivity contribution in [3.05, 3.63) is 93.7 Å². The number of halogens is 2. The molecule has 3 aromatic rings. The molecular formula is C22H18Cl2N2O3. The molecular weight excluding hydrogens is 411 g/mol. The maximum Gasteiger partial charge on any atom is 0.338 e. The van der Waals surface area contributed by atoms with Gasteiger partial charge in [-0.15, -0.1) is 0 Å². The van der Waals surface area contributed by atoms with Gasteiger partial charge in [0.15, 0.2) is 0 Å². The Hall–Kier alpha value is -2.89. The molecule has 7 heteroatoms. The number of rotatable bonds is 6. The van der Waals surface area contributed by atoms with Crippen molar-refractivity contribution >= 4 is 40.8 Å². The van der Waals surface area contributed by atoms with E-state index in [4.69, 9.17) is 27.9 Å². The van der Waals surface area contributed by atoms with Crippen molar-refractivity contribution in [3.63, 3.8) is 0 Å². The molecule has 0 saturated heterocycles. The van der Waals surface area contributed by atoms with Gasteiger partial charge in [0, 0.05) is 23.1 Å². The molecule has 0 radical (unpaired) electrons. The zero-order chi connectivity index (χ0) is 20.8. The van der Waals surface area contributed by atoms with E-state index in [9.17, 15) is 9.59 Å². The highest BCUT2D eigenvalue weighted by atomic mass is 35.5. The molecule has 0 spiro atoms. The lowest BCUT2D eigenvalue weighted by molar-refractivity contribution is 0.0526. The highest BCUT2D eigenvalue weighted by molar-refractivity contribution is 6.37. The zero-order valence-corrected chi connectivity index (χ0v) is 17.2. The van der Waals surface area contributed by atoms with E-state index < -0.39 is 5.97 Å². The lowest BCUT2D eigenvalue weighted by Gasteiger charge is -2.24. The first kappa shape index (κ1) is 20.8. The second-order valence-corrected chi connectivity index (χ2v) is 6.98. The summed E-state index contributed by atoms with van der Waals surface area (Å²) in [6.07, 6.45) is 3.33. The molecule has 0 unspecified atom stereocenters. The third-order valence-electron chi connectivity index (χ3n) is 4.19. The Morgan fingerprint density at radius 1 is 1.00 bits per heavy atom. The van der Waals surface area contributed by atoms with Gasteiger partial charge in [0.2, 0.25) is 0 Å². The third kappa shape index (κ3) is 5.13. The Balaban J connectivity index is 1.96. The maximum absolute atomic E-state index is 13.3. The van der Waals surface area contributed by atoms with Crippen molar-refractivity contribution < 1.29 is 14.3 Å². The molecule has 0 aliphatic rings. The van der Waals surface area contributed by atoms with Crippen LogP contribution in [0.2, 0.25) is 10.0 Å². The first-order valence-electron chi connectivity index (χ1n) is 8.92. The van der Waals surface area contributed by atoms with Crippen molar-refractivity contribution in [2.45, 2.75) is 13.5 Å². The van der Waals surface area contributed by atoms with Crippen LogP contribution in [0.1, 0.15) is 33.2 Å². The second kappa shape index (κ2) is 9.54. The molecule has 1 aromatic heterocycles. The van der Waals surface area contributed by atoms with Crippen LogP contribution in [-0.4, -0.2) is 23.5 Å². The van der Waals surface area contributed by atoms with Crippen LogP contribution in [-0.2, 0) is 11.3 Å². The van der Waals surface area contributed by atoms with E-state index in [0.29, 0.717) is 35.0 Å². The summed E-state index contributed by atoms with van der Waals surface area (Å²) in [7, 11) is 0. The third-order valence-corrected chi connectivity index (χ3v) is 4.73. The number of amides is 1. The minimum absolute atomic E-state index is 0.269.